The number of sulfonamides is 1. The van der Waals surface area contributed by atoms with Crippen molar-refractivity contribution in [2.75, 3.05) is 0 Å². The van der Waals surface area contributed by atoms with Crippen molar-refractivity contribution in [3.63, 3.8) is 0 Å². The van der Waals surface area contributed by atoms with Crippen LogP contribution in [-0.4, -0.2) is 20.7 Å². The summed E-state index contributed by atoms with van der Waals surface area (Å²) in [4.78, 5) is 11.9. The summed E-state index contributed by atoms with van der Waals surface area (Å²) in [6.07, 6.45) is -4.85. The highest BCUT2D eigenvalue weighted by molar-refractivity contribution is 7.90. The van der Waals surface area contributed by atoms with Crippen LogP contribution in [0.25, 0.3) is 0 Å². The Hall–Kier alpha value is -2.55. The first-order valence-electron chi connectivity index (χ1n) is 6.57. The third-order valence-corrected chi connectivity index (χ3v) is 4.45. The number of carbonyl (C=O) groups is 1. The summed E-state index contributed by atoms with van der Waals surface area (Å²) in [5, 5.41) is 0. The Bertz CT molecular complexity index is 846. The molecule has 2 aromatic rings. The number of amides is 1. The van der Waals surface area contributed by atoms with E-state index in [2.05, 4.69) is 4.74 Å². The van der Waals surface area contributed by atoms with Gasteiger partial charge in [-0.2, -0.15) is 0 Å². The molecular formula is C15H12F3NO4S. The maximum Gasteiger partial charge on any atom is 0.573 e. The van der Waals surface area contributed by atoms with Gasteiger partial charge in [-0.1, -0.05) is 18.2 Å². The molecule has 0 unspecified atom stereocenters. The van der Waals surface area contributed by atoms with Gasteiger partial charge in [-0.05, 0) is 42.8 Å². The first kappa shape index (κ1) is 17.8. The summed E-state index contributed by atoms with van der Waals surface area (Å²) in [5.41, 5.74) is 0.327. The van der Waals surface area contributed by atoms with Gasteiger partial charge in [0.1, 0.15) is 5.75 Å². The van der Waals surface area contributed by atoms with Gasteiger partial charge in [0.25, 0.3) is 15.9 Å². The van der Waals surface area contributed by atoms with E-state index in [-0.39, 0.29) is 10.5 Å². The molecule has 0 heterocycles. The Kier molecular flexibility index (Phi) is 4.83. The van der Waals surface area contributed by atoms with Gasteiger partial charge in [0.2, 0.25) is 0 Å². The quantitative estimate of drug-likeness (QED) is 0.911. The Labute approximate surface area is 136 Å². The van der Waals surface area contributed by atoms with E-state index in [9.17, 15) is 26.4 Å². The maximum absolute atomic E-state index is 12.2. The second-order valence-corrected chi connectivity index (χ2v) is 6.42. The Balaban J connectivity index is 2.16. The molecule has 0 aromatic heterocycles. The van der Waals surface area contributed by atoms with Crippen LogP contribution in [-0.2, 0) is 10.0 Å². The monoisotopic (exact) mass is 359 g/mol. The van der Waals surface area contributed by atoms with Crippen LogP contribution >= 0.6 is 0 Å². The largest absolute Gasteiger partial charge is 0.573 e. The van der Waals surface area contributed by atoms with Gasteiger partial charge >= 0.3 is 6.36 Å². The van der Waals surface area contributed by atoms with Gasteiger partial charge in [0.05, 0.1) is 4.90 Å². The molecule has 24 heavy (non-hydrogen) atoms. The second-order valence-electron chi connectivity index (χ2n) is 4.77. The van der Waals surface area contributed by atoms with Crippen LogP contribution in [0.5, 0.6) is 5.75 Å². The summed E-state index contributed by atoms with van der Waals surface area (Å²) >= 11 is 0. The van der Waals surface area contributed by atoms with Crippen LogP contribution in [0, 0.1) is 6.92 Å². The molecule has 0 spiro atoms. The lowest BCUT2D eigenvalue weighted by atomic mass is 10.2. The Morgan fingerprint density at radius 1 is 1.04 bits per heavy atom. The van der Waals surface area contributed by atoms with Crippen molar-refractivity contribution in [3.8, 4) is 5.75 Å². The fraction of sp³-hybridized carbons (Fsp3) is 0.133. The van der Waals surface area contributed by atoms with E-state index < -0.39 is 28.0 Å². The lowest BCUT2D eigenvalue weighted by molar-refractivity contribution is -0.274. The fourth-order valence-electron chi connectivity index (χ4n) is 1.90. The summed E-state index contributed by atoms with van der Waals surface area (Å²) < 4.78 is 66.1. The van der Waals surface area contributed by atoms with Crippen LogP contribution in [0.4, 0.5) is 13.2 Å². The summed E-state index contributed by atoms with van der Waals surface area (Å²) in [6, 6.07) is 9.97. The van der Waals surface area contributed by atoms with Gasteiger partial charge < -0.3 is 4.74 Å². The third-order valence-electron chi connectivity index (χ3n) is 2.96. The molecular weight excluding hydrogens is 347 g/mol. The van der Waals surface area contributed by atoms with Crippen molar-refractivity contribution in [2.45, 2.75) is 18.2 Å². The number of ether oxygens (including phenoxy) is 1. The molecule has 0 aliphatic rings. The second kappa shape index (κ2) is 6.52. The fourth-order valence-corrected chi connectivity index (χ4v) is 3.12. The van der Waals surface area contributed by atoms with Crippen LogP contribution in [0.3, 0.4) is 0 Å². The van der Waals surface area contributed by atoms with Crippen molar-refractivity contribution in [1.82, 2.24) is 4.72 Å². The van der Waals surface area contributed by atoms with Crippen LogP contribution in [0.1, 0.15) is 15.9 Å². The van der Waals surface area contributed by atoms with Gasteiger partial charge in [-0.15, -0.1) is 13.2 Å². The standard InChI is InChI=1S/C15H12F3NO4S/c1-10-4-2-3-5-13(10)24(21,22)19-14(20)11-6-8-12(9-7-11)23-15(16,17)18/h2-9H,1H3,(H,19,20). The Morgan fingerprint density at radius 2 is 1.62 bits per heavy atom. The zero-order chi connectivity index (χ0) is 18.0. The average Bonchev–Trinajstić information content (AvgIpc) is 2.46. The smallest absolute Gasteiger partial charge is 0.406 e. The SMILES string of the molecule is Cc1ccccc1S(=O)(=O)NC(=O)c1ccc(OC(F)(F)F)cc1. The van der Waals surface area contributed by atoms with E-state index in [1.165, 1.54) is 12.1 Å². The predicted molar refractivity (Wildman–Crippen MR) is 79.0 cm³/mol. The molecule has 0 saturated heterocycles. The maximum atomic E-state index is 12.2. The van der Waals surface area contributed by atoms with Crippen molar-refractivity contribution >= 4 is 15.9 Å². The summed E-state index contributed by atoms with van der Waals surface area (Å²) in [7, 11) is -4.09. The number of aryl methyl sites for hydroxylation is 1. The molecule has 0 aliphatic heterocycles. The molecule has 0 saturated carbocycles. The molecule has 0 bridgehead atoms. The number of rotatable bonds is 4. The minimum absolute atomic E-state index is 0.0598. The minimum Gasteiger partial charge on any atom is -0.406 e. The normalized spacial score (nSPS) is 11.8. The molecule has 2 rings (SSSR count). The van der Waals surface area contributed by atoms with Crippen molar-refractivity contribution in [1.29, 1.82) is 0 Å². The average molecular weight is 359 g/mol. The van der Waals surface area contributed by atoms with E-state index in [1.54, 1.807) is 19.1 Å². The zero-order valence-electron chi connectivity index (χ0n) is 12.3. The van der Waals surface area contributed by atoms with Crippen molar-refractivity contribution < 1.29 is 31.1 Å². The number of hydrogen-bond acceptors (Lipinski definition) is 4. The lowest BCUT2D eigenvalue weighted by Crippen LogP contribution is -2.31. The van der Waals surface area contributed by atoms with E-state index in [0.29, 0.717) is 5.56 Å². The van der Waals surface area contributed by atoms with E-state index in [1.807, 2.05) is 4.72 Å². The molecule has 1 N–H and O–H groups in total. The molecule has 0 atom stereocenters. The summed E-state index contributed by atoms with van der Waals surface area (Å²) in [6.45, 7) is 1.57. The molecule has 0 radical (unpaired) electrons. The number of alkyl halides is 3. The van der Waals surface area contributed by atoms with Crippen molar-refractivity contribution in [3.05, 3.63) is 59.7 Å². The third kappa shape index (κ3) is 4.48. The first-order chi connectivity index (χ1) is 11.1. The molecule has 9 heteroatoms. The number of hydrogen-bond donors (Lipinski definition) is 1. The van der Waals surface area contributed by atoms with E-state index in [0.717, 1.165) is 24.3 Å². The van der Waals surface area contributed by atoms with Gasteiger partial charge in [-0.25, -0.2) is 13.1 Å². The highest BCUT2D eigenvalue weighted by Gasteiger charge is 2.31. The van der Waals surface area contributed by atoms with Gasteiger partial charge in [0.15, 0.2) is 0 Å². The molecule has 1 amide bonds. The zero-order valence-corrected chi connectivity index (χ0v) is 13.1. The lowest BCUT2D eigenvalue weighted by Gasteiger charge is -2.10. The topological polar surface area (TPSA) is 72.5 Å². The molecule has 5 nitrogen and oxygen atoms in total. The highest BCUT2D eigenvalue weighted by Crippen LogP contribution is 2.23. The van der Waals surface area contributed by atoms with E-state index >= 15 is 0 Å². The molecule has 2 aromatic carbocycles. The van der Waals surface area contributed by atoms with Gasteiger partial charge in [0, 0.05) is 5.56 Å². The minimum atomic E-state index is -4.85. The van der Waals surface area contributed by atoms with Gasteiger partial charge in [-0.3, -0.25) is 4.79 Å². The number of carbonyl (C=O) groups excluding carboxylic acids is 1. The van der Waals surface area contributed by atoms with Crippen LogP contribution in [0.2, 0.25) is 0 Å². The molecule has 0 fully saturated rings. The van der Waals surface area contributed by atoms with Crippen LogP contribution in [0.15, 0.2) is 53.4 Å². The molecule has 128 valence electrons. The predicted octanol–water partition coefficient (Wildman–Crippen LogP) is 3.01. The number of nitrogens with one attached hydrogen (secondary N) is 1. The molecule has 0 aliphatic carbocycles. The summed E-state index contributed by atoms with van der Waals surface area (Å²) in [5.74, 6) is -1.47. The number of benzene rings is 2. The van der Waals surface area contributed by atoms with E-state index in [4.69, 9.17) is 0 Å². The van der Waals surface area contributed by atoms with Crippen LogP contribution < -0.4 is 9.46 Å². The number of halogens is 3. The van der Waals surface area contributed by atoms with Crippen molar-refractivity contribution in [2.24, 2.45) is 0 Å². The highest BCUT2D eigenvalue weighted by atomic mass is 32.2. The first-order valence-corrected chi connectivity index (χ1v) is 8.05. The Morgan fingerprint density at radius 3 is 2.17 bits per heavy atom.